The van der Waals surface area contributed by atoms with E-state index in [0.717, 1.165) is 19.3 Å². The molecule has 0 unspecified atom stereocenters. The van der Waals surface area contributed by atoms with Gasteiger partial charge in [-0.2, -0.15) is 0 Å². The lowest BCUT2D eigenvalue weighted by molar-refractivity contribution is -0.132. The van der Waals surface area contributed by atoms with E-state index in [1.165, 1.54) is 64.2 Å². The Hall–Kier alpha value is -1.53. The fourth-order valence-electron chi connectivity index (χ4n) is 2.93. The lowest BCUT2D eigenvalue weighted by Crippen LogP contribution is -2.07. The van der Waals surface area contributed by atoms with E-state index < -0.39 is 12.1 Å². The molecule has 0 aromatic heterocycles. The molecule has 1 N–H and O–H groups in total. The average Bonchev–Trinajstić information content (AvgIpc) is 2.81. The zero-order chi connectivity index (χ0) is 17.6. The third kappa shape index (κ3) is 8.36. The van der Waals surface area contributed by atoms with Crippen LogP contribution in [-0.2, 0) is 9.53 Å². The molecule has 0 spiro atoms. The Kier molecular flexibility index (Phi) is 11.0. The van der Waals surface area contributed by atoms with Gasteiger partial charge in [-0.3, -0.25) is 0 Å². The van der Waals surface area contributed by atoms with Crippen LogP contribution in [0.15, 0.2) is 24.0 Å². The molecule has 0 bridgehead atoms. The zero-order valence-corrected chi connectivity index (χ0v) is 14.9. The summed E-state index contributed by atoms with van der Waals surface area (Å²) in [6.07, 6.45) is 21.7. The molecule has 24 heavy (non-hydrogen) atoms. The first-order valence-corrected chi connectivity index (χ1v) is 9.39. The highest BCUT2D eigenvalue weighted by Crippen LogP contribution is 2.23. The average molecular weight is 332 g/mol. The van der Waals surface area contributed by atoms with Gasteiger partial charge in [0.2, 0.25) is 0 Å². The van der Waals surface area contributed by atoms with E-state index in [4.69, 9.17) is 11.2 Å². The first kappa shape index (κ1) is 20.5. The van der Waals surface area contributed by atoms with Gasteiger partial charge >= 0.3 is 5.97 Å². The van der Waals surface area contributed by atoms with Crippen LogP contribution in [-0.4, -0.2) is 17.2 Å². The minimum atomic E-state index is -0.941. The summed E-state index contributed by atoms with van der Waals surface area (Å²) in [6, 6.07) is 0. The summed E-state index contributed by atoms with van der Waals surface area (Å²) in [6.45, 7) is 3.51. The summed E-state index contributed by atoms with van der Waals surface area (Å²) in [5.74, 6) is 2.38. The molecule has 3 heteroatoms. The van der Waals surface area contributed by atoms with Crippen LogP contribution >= 0.6 is 0 Å². The largest absolute Gasteiger partial charge is 0.425 e. The molecule has 3 nitrogen and oxygen atoms in total. The van der Waals surface area contributed by atoms with Crippen LogP contribution < -0.4 is 0 Å². The van der Waals surface area contributed by atoms with Gasteiger partial charge < -0.3 is 9.84 Å². The smallest absolute Gasteiger partial charge is 0.341 e. The number of esters is 1. The molecule has 1 aliphatic rings. The van der Waals surface area contributed by atoms with Crippen molar-refractivity contribution in [1.82, 2.24) is 0 Å². The molecule has 1 aliphatic heterocycles. The number of hydrogen-bond donors (Lipinski definition) is 1. The number of aliphatic hydroxyl groups is 1. The van der Waals surface area contributed by atoms with Crippen LogP contribution in [0.2, 0.25) is 0 Å². The molecule has 0 aromatic carbocycles. The number of ether oxygens (including phenoxy) is 1. The van der Waals surface area contributed by atoms with Crippen LogP contribution in [0.25, 0.3) is 0 Å². The second-order valence-corrected chi connectivity index (χ2v) is 6.55. The molecule has 134 valence electrons. The Labute approximate surface area is 147 Å². The molecule has 0 radical (unpaired) electrons. The van der Waals surface area contributed by atoms with Crippen molar-refractivity contribution >= 4 is 5.97 Å². The molecule has 1 rings (SSSR count). The van der Waals surface area contributed by atoms with Crippen molar-refractivity contribution in [3.8, 4) is 12.3 Å². The third-order valence-corrected chi connectivity index (χ3v) is 4.45. The standard InChI is InChI=1S/C21H32O3/c1-3-4-5-6-7-8-9-10-11-12-13-14-15-16-17-19-20(22)18(2)24-21(19)23/h1,17,20,22H,2,4-16H2/b19-17+/t20-/m0/s1. The van der Waals surface area contributed by atoms with Gasteiger partial charge in [0, 0.05) is 6.42 Å². The van der Waals surface area contributed by atoms with E-state index in [-0.39, 0.29) is 5.76 Å². The van der Waals surface area contributed by atoms with Crippen molar-refractivity contribution in [3.05, 3.63) is 24.0 Å². The van der Waals surface area contributed by atoms with Crippen molar-refractivity contribution in [2.24, 2.45) is 0 Å². The van der Waals surface area contributed by atoms with Crippen molar-refractivity contribution in [2.75, 3.05) is 0 Å². The van der Waals surface area contributed by atoms with Crippen LogP contribution in [0.1, 0.15) is 83.5 Å². The van der Waals surface area contributed by atoms with E-state index in [2.05, 4.69) is 12.5 Å². The molecule has 0 aliphatic carbocycles. The minimum Gasteiger partial charge on any atom is -0.425 e. The normalized spacial score (nSPS) is 18.8. The lowest BCUT2D eigenvalue weighted by atomic mass is 10.0. The van der Waals surface area contributed by atoms with Gasteiger partial charge in [-0.15, -0.1) is 12.3 Å². The molecule has 1 heterocycles. The maximum absolute atomic E-state index is 11.4. The number of unbranched alkanes of at least 4 members (excludes halogenated alkanes) is 12. The monoisotopic (exact) mass is 332 g/mol. The van der Waals surface area contributed by atoms with Crippen LogP contribution in [0.4, 0.5) is 0 Å². The Bertz CT molecular complexity index is 456. The van der Waals surface area contributed by atoms with E-state index in [9.17, 15) is 9.90 Å². The van der Waals surface area contributed by atoms with Gasteiger partial charge in [0.25, 0.3) is 0 Å². The van der Waals surface area contributed by atoms with Crippen LogP contribution in [0, 0.1) is 12.3 Å². The van der Waals surface area contributed by atoms with Gasteiger partial charge in [0.15, 0.2) is 0 Å². The summed E-state index contributed by atoms with van der Waals surface area (Å²) < 4.78 is 4.80. The Morgan fingerprint density at radius 1 is 1.00 bits per heavy atom. The second-order valence-electron chi connectivity index (χ2n) is 6.55. The van der Waals surface area contributed by atoms with Crippen LogP contribution in [0.5, 0.6) is 0 Å². The van der Waals surface area contributed by atoms with E-state index in [1.807, 2.05) is 0 Å². The summed E-state index contributed by atoms with van der Waals surface area (Å²) >= 11 is 0. The number of carbonyl (C=O) groups is 1. The molecule has 0 aromatic rings. The highest BCUT2D eigenvalue weighted by molar-refractivity contribution is 5.93. The SMILES string of the molecule is C#CCCCCCCCCCCCCC/C=C1/C(=O)OC(=C)[C@@H]1O. The third-order valence-electron chi connectivity index (χ3n) is 4.45. The van der Waals surface area contributed by atoms with Crippen molar-refractivity contribution < 1.29 is 14.6 Å². The molecule has 0 amide bonds. The molecule has 1 fully saturated rings. The van der Waals surface area contributed by atoms with E-state index >= 15 is 0 Å². The Balaban J connectivity index is 1.88. The molecule has 0 saturated carbocycles. The van der Waals surface area contributed by atoms with Gasteiger partial charge in [0.1, 0.15) is 11.9 Å². The van der Waals surface area contributed by atoms with Gasteiger partial charge in [-0.25, -0.2) is 4.79 Å². The maximum Gasteiger partial charge on any atom is 0.341 e. The molecule has 1 atom stereocenters. The number of hydrogen-bond acceptors (Lipinski definition) is 3. The fraction of sp³-hybridized carbons (Fsp3) is 0.667. The molecule has 1 saturated heterocycles. The fourth-order valence-corrected chi connectivity index (χ4v) is 2.93. The number of terminal acetylenes is 1. The van der Waals surface area contributed by atoms with Crippen LogP contribution in [0.3, 0.4) is 0 Å². The van der Waals surface area contributed by atoms with Gasteiger partial charge in [-0.1, -0.05) is 70.4 Å². The highest BCUT2D eigenvalue weighted by Gasteiger charge is 2.32. The second kappa shape index (κ2) is 12.8. The van der Waals surface area contributed by atoms with E-state index in [1.54, 1.807) is 6.08 Å². The van der Waals surface area contributed by atoms with Gasteiger partial charge in [0.05, 0.1) is 5.57 Å². The lowest BCUT2D eigenvalue weighted by Gasteiger charge is -2.02. The Morgan fingerprint density at radius 3 is 1.96 bits per heavy atom. The minimum absolute atomic E-state index is 0.141. The predicted octanol–water partition coefficient (Wildman–Crippen LogP) is 5.05. The summed E-state index contributed by atoms with van der Waals surface area (Å²) in [7, 11) is 0. The molecular weight excluding hydrogens is 300 g/mol. The maximum atomic E-state index is 11.4. The number of cyclic esters (lactones) is 1. The zero-order valence-electron chi connectivity index (χ0n) is 14.9. The van der Waals surface area contributed by atoms with Crippen molar-refractivity contribution in [1.29, 1.82) is 0 Å². The number of allylic oxidation sites excluding steroid dienone is 1. The quantitative estimate of drug-likeness (QED) is 0.222. The van der Waals surface area contributed by atoms with Gasteiger partial charge in [-0.05, 0) is 19.3 Å². The van der Waals surface area contributed by atoms with Crippen molar-refractivity contribution in [3.63, 3.8) is 0 Å². The summed E-state index contributed by atoms with van der Waals surface area (Å²) in [4.78, 5) is 11.4. The summed E-state index contributed by atoms with van der Waals surface area (Å²) in [5, 5.41) is 9.71. The number of rotatable bonds is 13. The first-order chi connectivity index (χ1) is 11.7. The number of carbonyl (C=O) groups excluding carboxylic acids is 1. The van der Waals surface area contributed by atoms with E-state index in [0.29, 0.717) is 5.57 Å². The topological polar surface area (TPSA) is 46.5 Å². The highest BCUT2D eigenvalue weighted by atomic mass is 16.6. The van der Waals surface area contributed by atoms with Crippen molar-refractivity contribution in [2.45, 2.75) is 89.6 Å². The predicted molar refractivity (Wildman–Crippen MR) is 98.2 cm³/mol. The Morgan fingerprint density at radius 2 is 1.50 bits per heavy atom. The first-order valence-electron chi connectivity index (χ1n) is 9.39. The summed E-state index contributed by atoms with van der Waals surface area (Å²) in [5.41, 5.74) is 0.349. The molecular formula is C21H32O3. The number of aliphatic hydroxyl groups excluding tert-OH is 1.